The van der Waals surface area contributed by atoms with Gasteiger partial charge in [-0.3, -0.25) is 4.79 Å². The monoisotopic (exact) mass is 243 g/mol. The number of carbonyl (C=O) groups excluding carboxylic acids is 1. The minimum atomic E-state index is 0.0769. The van der Waals surface area contributed by atoms with E-state index in [9.17, 15) is 4.79 Å². The first-order valence-electron chi connectivity index (χ1n) is 6.23. The molecule has 0 aromatic heterocycles. The lowest BCUT2D eigenvalue weighted by Gasteiger charge is -2.27. The van der Waals surface area contributed by atoms with Gasteiger partial charge in [0.25, 0.3) is 0 Å². The van der Waals surface area contributed by atoms with Crippen LogP contribution in [-0.2, 0) is 4.79 Å². The van der Waals surface area contributed by atoms with Crippen molar-refractivity contribution in [3.63, 3.8) is 0 Å². The standard InChI is InChI=1S/C14H17N3O/c1-10-8-12(6-7-16-10)14(18)17-13-4-2-11(9-15)3-5-13/h2-5,10,12,16H,6-8H2,1H3,(H,17,18). The van der Waals surface area contributed by atoms with Crippen LogP contribution in [0.5, 0.6) is 0 Å². The smallest absolute Gasteiger partial charge is 0.227 e. The predicted molar refractivity (Wildman–Crippen MR) is 70.0 cm³/mol. The van der Waals surface area contributed by atoms with Gasteiger partial charge in [-0.05, 0) is 50.6 Å². The summed E-state index contributed by atoms with van der Waals surface area (Å²) < 4.78 is 0. The van der Waals surface area contributed by atoms with Crippen molar-refractivity contribution >= 4 is 11.6 Å². The van der Waals surface area contributed by atoms with Gasteiger partial charge >= 0.3 is 0 Å². The normalized spacial score (nSPS) is 23.1. The molecule has 4 heteroatoms. The number of carbonyl (C=O) groups is 1. The number of hydrogen-bond donors (Lipinski definition) is 2. The van der Waals surface area contributed by atoms with Crippen LogP contribution in [-0.4, -0.2) is 18.5 Å². The highest BCUT2D eigenvalue weighted by Crippen LogP contribution is 2.18. The van der Waals surface area contributed by atoms with Gasteiger partial charge in [0.15, 0.2) is 0 Å². The summed E-state index contributed by atoms with van der Waals surface area (Å²) in [4.78, 5) is 12.1. The van der Waals surface area contributed by atoms with Crippen LogP contribution in [0.1, 0.15) is 25.3 Å². The van der Waals surface area contributed by atoms with Crippen LogP contribution in [0.2, 0.25) is 0 Å². The molecule has 1 amide bonds. The molecule has 0 spiro atoms. The van der Waals surface area contributed by atoms with Gasteiger partial charge in [-0.1, -0.05) is 0 Å². The number of amides is 1. The first-order chi connectivity index (χ1) is 8.69. The Kier molecular flexibility index (Phi) is 3.96. The van der Waals surface area contributed by atoms with Crippen molar-refractivity contribution in [3.05, 3.63) is 29.8 Å². The Balaban J connectivity index is 1.96. The fourth-order valence-corrected chi connectivity index (χ4v) is 2.24. The lowest BCUT2D eigenvalue weighted by molar-refractivity contribution is -0.120. The van der Waals surface area contributed by atoms with Crippen molar-refractivity contribution < 1.29 is 4.79 Å². The number of rotatable bonds is 2. The highest BCUT2D eigenvalue weighted by molar-refractivity contribution is 5.92. The summed E-state index contributed by atoms with van der Waals surface area (Å²) in [6.07, 6.45) is 1.76. The zero-order valence-electron chi connectivity index (χ0n) is 10.4. The van der Waals surface area contributed by atoms with Crippen molar-refractivity contribution in [1.82, 2.24) is 5.32 Å². The highest BCUT2D eigenvalue weighted by atomic mass is 16.1. The van der Waals surface area contributed by atoms with Crippen molar-refractivity contribution in [2.45, 2.75) is 25.8 Å². The Labute approximate surface area is 107 Å². The molecule has 1 heterocycles. The van der Waals surface area contributed by atoms with Crippen molar-refractivity contribution in [1.29, 1.82) is 5.26 Å². The number of nitrogens with one attached hydrogen (secondary N) is 2. The van der Waals surface area contributed by atoms with Gasteiger partial charge in [0.2, 0.25) is 5.91 Å². The van der Waals surface area contributed by atoms with E-state index in [1.54, 1.807) is 24.3 Å². The van der Waals surface area contributed by atoms with Crippen LogP contribution in [0, 0.1) is 17.2 Å². The van der Waals surface area contributed by atoms with E-state index in [-0.39, 0.29) is 11.8 Å². The third-order valence-electron chi connectivity index (χ3n) is 3.28. The van der Waals surface area contributed by atoms with Gasteiger partial charge in [0.1, 0.15) is 0 Å². The second-order valence-corrected chi connectivity index (χ2v) is 4.75. The maximum absolute atomic E-state index is 12.1. The number of nitrogens with zero attached hydrogens (tertiary/aromatic N) is 1. The van der Waals surface area contributed by atoms with Crippen molar-refractivity contribution in [2.75, 3.05) is 11.9 Å². The number of hydrogen-bond acceptors (Lipinski definition) is 3. The third-order valence-corrected chi connectivity index (χ3v) is 3.28. The number of piperidine rings is 1. The summed E-state index contributed by atoms with van der Waals surface area (Å²) in [7, 11) is 0. The molecule has 1 aromatic carbocycles. The third kappa shape index (κ3) is 3.08. The molecule has 1 aliphatic rings. The maximum Gasteiger partial charge on any atom is 0.227 e. The minimum absolute atomic E-state index is 0.0769. The van der Waals surface area contributed by atoms with E-state index >= 15 is 0 Å². The Morgan fingerprint density at radius 1 is 1.44 bits per heavy atom. The fourth-order valence-electron chi connectivity index (χ4n) is 2.24. The quantitative estimate of drug-likeness (QED) is 0.833. The Bertz CT molecular complexity index is 461. The molecule has 1 fully saturated rings. The molecule has 2 rings (SSSR count). The maximum atomic E-state index is 12.1. The van der Waals surface area contributed by atoms with E-state index < -0.39 is 0 Å². The van der Waals surface area contributed by atoms with E-state index in [1.807, 2.05) is 0 Å². The molecule has 0 saturated carbocycles. The number of anilines is 1. The first-order valence-corrected chi connectivity index (χ1v) is 6.23. The average molecular weight is 243 g/mol. The second-order valence-electron chi connectivity index (χ2n) is 4.75. The number of nitriles is 1. The molecule has 1 saturated heterocycles. The first kappa shape index (κ1) is 12.6. The van der Waals surface area contributed by atoms with Crippen LogP contribution < -0.4 is 10.6 Å². The molecule has 94 valence electrons. The molecule has 2 N–H and O–H groups in total. The lowest BCUT2D eigenvalue weighted by atomic mass is 9.92. The van der Waals surface area contributed by atoms with Crippen LogP contribution in [0.4, 0.5) is 5.69 Å². The molecular formula is C14H17N3O. The Hall–Kier alpha value is -1.86. The van der Waals surface area contributed by atoms with E-state index in [1.165, 1.54) is 0 Å². The topological polar surface area (TPSA) is 64.9 Å². The van der Waals surface area contributed by atoms with Gasteiger partial charge in [-0.2, -0.15) is 5.26 Å². The van der Waals surface area contributed by atoms with Crippen LogP contribution in [0.15, 0.2) is 24.3 Å². The van der Waals surface area contributed by atoms with E-state index in [0.717, 1.165) is 25.1 Å². The molecular weight excluding hydrogens is 226 g/mol. The summed E-state index contributed by atoms with van der Waals surface area (Å²) in [5, 5.41) is 14.9. The fraction of sp³-hybridized carbons (Fsp3) is 0.429. The Morgan fingerprint density at radius 2 is 2.17 bits per heavy atom. The summed E-state index contributed by atoms with van der Waals surface area (Å²) in [5.74, 6) is 0.157. The summed E-state index contributed by atoms with van der Waals surface area (Å²) in [6, 6.07) is 9.40. The summed E-state index contributed by atoms with van der Waals surface area (Å²) in [5.41, 5.74) is 1.36. The summed E-state index contributed by atoms with van der Waals surface area (Å²) >= 11 is 0. The molecule has 0 radical (unpaired) electrons. The van der Waals surface area contributed by atoms with Crippen molar-refractivity contribution in [2.24, 2.45) is 5.92 Å². The predicted octanol–water partition coefficient (Wildman–Crippen LogP) is 1.88. The van der Waals surface area contributed by atoms with E-state index in [4.69, 9.17) is 5.26 Å². The van der Waals surface area contributed by atoms with E-state index in [2.05, 4.69) is 23.6 Å². The van der Waals surface area contributed by atoms with Crippen molar-refractivity contribution in [3.8, 4) is 6.07 Å². The average Bonchev–Trinajstić information content (AvgIpc) is 2.39. The van der Waals surface area contributed by atoms with Gasteiger partial charge < -0.3 is 10.6 Å². The molecule has 2 atom stereocenters. The summed E-state index contributed by atoms with van der Waals surface area (Å²) in [6.45, 7) is 2.99. The Morgan fingerprint density at radius 3 is 2.78 bits per heavy atom. The largest absolute Gasteiger partial charge is 0.326 e. The molecule has 4 nitrogen and oxygen atoms in total. The second kappa shape index (κ2) is 5.65. The molecule has 1 aromatic rings. The van der Waals surface area contributed by atoms with Gasteiger partial charge in [0.05, 0.1) is 11.6 Å². The molecule has 0 aliphatic carbocycles. The van der Waals surface area contributed by atoms with Crippen LogP contribution in [0.3, 0.4) is 0 Å². The number of benzene rings is 1. The van der Waals surface area contributed by atoms with E-state index in [0.29, 0.717) is 11.6 Å². The SMILES string of the molecule is CC1CC(C(=O)Nc2ccc(C#N)cc2)CCN1. The molecule has 0 bridgehead atoms. The van der Waals surface area contributed by atoms with Crippen LogP contribution in [0.25, 0.3) is 0 Å². The lowest BCUT2D eigenvalue weighted by Crippen LogP contribution is -2.40. The van der Waals surface area contributed by atoms with Gasteiger partial charge in [0, 0.05) is 17.6 Å². The minimum Gasteiger partial charge on any atom is -0.326 e. The van der Waals surface area contributed by atoms with Crippen LogP contribution >= 0.6 is 0 Å². The molecule has 2 unspecified atom stereocenters. The zero-order chi connectivity index (χ0) is 13.0. The van der Waals surface area contributed by atoms with Gasteiger partial charge in [-0.25, -0.2) is 0 Å². The molecule has 18 heavy (non-hydrogen) atoms. The highest BCUT2D eigenvalue weighted by Gasteiger charge is 2.24. The van der Waals surface area contributed by atoms with Gasteiger partial charge in [-0.15, -0.1) is 0 Å². The zero-order valence-corrected chi connectivity index (χ0v) is 10.4. The molecule has 1 aliphatic heterocycles.